The van der Waals surface area contributed by atoms with Crippen molar-refractivity contribution >= 4 is 28.6 Å². The van der Waals surface area contributed by atoms with E-state index in [4.69, 9.17) is 11.6 Å². The lowest BCUT2D eigenvalue weighted by molar-refractivity contribution is 1.10. The smallest absolute Gasteiger partial charge is 0.112 e. The molecule has 0 radical (unpaired) electrons. The number of hydrogen-bond donors (Lipinski definition) is 1. The molecule has 3 rings (SSSR count). The van der Waals surface area contributed by atoms with Crippen molar-refractivity contribution in [2.24, 2.45) is 0 Å². The third-order valence-corrected chi connectivity index (χ3v) is 3.83. The summed E-state index contributed by atoms with van der Waals surface area (Å²) in [6.07, 6.45) is 5.09. The average Bonchev–Trinajstić information content (AvgIpc) is 2.96. The zero-order valence-electron chi connectivity index (χ0n) is 10.5. The second-order valence-electron chi connectivity index (χ2n) is 4.05. The van der Waals surface area contributed by atoms with Crippen LogP contribution in [0, 0.1) is 0 Å². The van der Waals surface area contributed by atoms with Gasteiger partial charge in [0.25, 0.3) is 0 Å². The minimum atomic E-state index is 0.606. The van der Waals surface area contributed by atoms with Crippen LogP contribution < -0.4 is 5.32 Å². The second kappa shape index (κ2) is 5.98. The van der Waals surface area contributed by atoms with Gasteiger partial charge >= 0.3 is 0 Å². The van der Waals surface area contributed by atoms with Crippen LogP contribution >= 0.6 is 22.9 Å². The summed E-state index contributed by atoms with van der Waals surface area (Å²) in [5, 5.41) is 6.85. The molecule has 0 aliphatic heterocycles. The lowest BCUT2D eigenvalue weighted by Gasteiger charge is -2.05. The van der Waals surface area contributed by atoms with Crippen molar-refractivity contribution in [2.75, 3.05) is 5.32 Å². The SMILES string of the molecule is Clc1cnccc1NCc1nc(-c2ccccn2)cs1. The molecule has 20 heavy (non-hydrogen) atoms. The van der Waals surface area contributed by atoms with Gasteiger partial charge in [-0.1, -0.05) is 17.7 Å². The van der Waals surface area contributed by atoms with Gasteiger partial charge in [0.1, 0.15) is 5.01 Å². The number of anilines is 1. The van der Waals surface area contributed by atoms with Crippen LogP contribution in [0.4, 0.5) is 5.69 Å². The van der Waals surface area contributed by atoms with Gasteiger partial charge in [-0.05, 0) is 18.2 Å². The van der Waals surface area contributed by atoms with E-state index in [-0.39, 0.29) is 0 Å². The Morgan fingerprint density at radius 2 is 2.10 bits per heavy atom. The quantitative estimate of drug-likeness (QED) is 0.795. The van der Waals surface area contributed by atoms with Gasteiger partial charge in [0.05, 0.1) is 28.6 Å². The van der Waals surface area contributed by atoms with Gasteiger partial charge in [-0.15, -0.1) is 11.3 Å². The monoisotopic (exact) mass is 302 g/mol. The Labute approximate surface area is 125 Å². The fourth-order valence-corrected chi connectivity index (χ4v) is 2.63. The van der Waals surface area contributed by atoms with E-state index in [0.29, 0.717) is 11.6 Å². The minimum Gasteiger partial charge on any atom is -0.377 e. The Morgan fingerprint density at radius 1 is 1.15 bits per heavy atom. The molecule has 0 aromatic carbocycles. The largest absolute Gasteiger partial charge is 0.377 e. The zero-order chi connectivity index (χ0) is 13.8. The van der Waals surface area contributed by atoms with Gasteiger partial charge in [0, 0.05) is 24.0 Å². The van der Waals surface area contributed by atoms with Crippen LogP contribution in [0.25, 0.3) is 11.4 Å². The maximum absolute atomic E-state index is 6.04. The van der Waals surface area contributed by atoms with Crippen molar-refractivity contribution in [1.82, 2.24) is 15.0 Å². The molecule has 0 saturated carbocycles. The fraction of sp³-hybridized carbons (Fsp3) is 0.0714. The molecule has 3 aromatic rings. The standard InChI is InChI=1S/C14H11ClN4S/c15-10-7-16-6-4-11(10)18-8-14-19-13(9-20-14)12-3-1-2-5-17-12/h1-7,9H,8H2,(H,16,18). The minimum absolute atomic E-state index is 0.606. The van der Waals surface area contributed by atoms with Gasteiger partial charge in [0.15, 0.2) is 0 Å². The summed E-state index contributed by atoms with van der Waals surface area (Å²) in [7, 11) is 0. The van der Waals surface area contributed by atoms with Gasteiger partial charge in [-0.3, -0.25) is 9.97 Å². The predicted molar refractivity (Wildman–Crippen MR) is 81.9 cm³/mol. The summed E-state index contributed by atoms with van der Waals surface area (Å²) in [6, 6.07) is 7.64. The van der Waals surface area contributed by atoms with Crippen LogP contribution in [-0.2, 0) is 6.54 Å². The topological polar surface area (TPSA) is 50.7 Å². The highest BCUT2D eigenvalue weighted by Crippen LogP contribution is 2.23. The van der Waals surface area contributed by atoms with E-state index >= 15 is 0 Å². The Bertz CT molecular complexity index is 699. The van der Waals surface area contributed by atoms with Crippen LogP contribution in [0.15, 0.2) is 48.2 Å². The van der Waals surface area contributed by atoms with Crippen LogP contribution in [0.2, 0.25) is 5.02 Å². The third kappa shape index (κ3) is 2.95. The van der Waals surface area contributed by atoms with Gasteiger partial charge < -0.3 is 5.32 Å². The molecule has 0 atom stereocenters. The summed E-state index contributed by atoms with van der Waals surface area (Å²) < 4.78 is 0. The zero-order valence-corrected chi connectivity index (χ0v) is 12.0. The molecule has 100 valence electrons. The van der Waals surface area contributed by atoms with Crippen molar-refractivity contribution in [3.8, 4) is 11.4 Å². The molecule has 0 spiro atoms. The molecule has 6 heteroatoms. The third-order valence-electron chi connectivity index (χ3n) is 2.68. The van der Waals surface area contributed by atoms with E-state index in [2.05, 4.69) is 20.3 Å². The van der Waals surface area contributed by atoms with E-state index in [1.807, 2.05) is 29.6 Å². The maximum atomic E-state index is 6.04. The van der Waals surface area contributed by atoms with E-state index in [1.165, 1.54) is 0 Å². The molecule has 3 heterocycles. The van der Waals surface area contributed by atoms with Crippen LogP contribution in [0.1, 0.15) is 5.01 Å². The number of aromatic nitrogens is 3. The number of thiazole rings is 1. The van der Waals surface area contributed by atoms with Gasteiger partial charge in [-0.2, -0.15) is 0 Å². The first-order chi connectivity index (χ1) is 9.83. The highest BCUT2D eigenvalue weighted by Gasteiger charge is 2.06. The Hall–Kier alpha value is -1.98. The number of nitrogens with one attached hydrogen (secondary N) is 1. The number of rotatable bonds is 4. The second-order valence-corrected chi connectivity index (χ2v) is 5.40. The number of hydrogen-bond acceptors (Lipinski definition) is 5. The highest BCUT2D eigenvalue weighted by molar-refractivity contribution is 7.09. The van der Waals surface area contributed by atoms with Gasteiger partial charge in [0.2, 0.25) is 0 Å². The number of nitrogens with zero attached hydrogens (tertiary/aromatic N) is 3. The van der Waals surface area contributed by atoms with Gasteiger partial charge in [-0.25, -0.2) is 4.98 Å². The van der Waals surface area contributed by atoms with Crippen molar-refractivity contribution in [3.63, 3.8) is 0 Å². The van der Waals surface area contributed by atoms with Crippen molar-refractivity contribution in [2.45, 2.75) is 6.54 Å². The Balaban J connectivity index is 1.71. The van der Waals surface area contributed by atoms with E-state index in [1.54, 1.807) is 29.9 Å². The molecule has 0 bridgehead atoms. The molecule has 3 aromatic heterocycles. The molecule has 0 aliphatic carbocycles. The van der Waals surface area contributed by atoms with Crippen LogP contribution in [-0.4, -0.2) is 15.0 Å². The van der Waals surface area contributed by atoms with E-state index in [0.717, 1.165) is 22.1 Å². The first-order valence-corrected chi connectivity index (χ1v) is 7.28. The Kier molecular flexibility index (Phi) is 3.90. The van der Waals surface area contributed by atoms with Crippen LogP contribution in [0.5, 0.6) is 0 Å². The summed E-state index contributed by atoms with van der Waals surface area (Å²) in [5.74, 6) is 0. The van der Waals surface area contributed by atoms with E-state index < -0.39 is 0 Å². The molecule has 0 unspecified atom stereocenters. The fourth-order valence-electron chi connectivity index (χ4n) is 1.71. The summed E-state index contributed by atoms with van der Waals surface area (Å²) >= 11 is 7.64. The molecular weight excluding hydrogens is 292 g/mol. The summed E-state index contributed by atoms with van der Waals surface area (Å²) in [6.45, 7) is 0.626. The molecular formula is C14H11ClN4S. The molecule has 0 aliphatic rings. The first kappa shape index (κ1) is 13.0. The lowest BCUT2D eigenvalue weighted by Crippen LogP contribution is -1.99. The van der Waals surface area contributed by atoms with Crippen LogP contribution in [0.3, 0.4) is 0 Å². The van der Waals surface area contributed by atoms with Crippen molar-refractivity contribution in [1.29, 1.82) is 0 Å². The first-order valence-electron chi connectivity index (χ1n) is 6.02. The maximum Gasteiger partial charge on any atom is 0.112 e. The average molecular weight is 303 g/mol. The normalized spacial score (nSPS) is 10.4. The van der Waals surface area contributed by atoms with E-state index in [9.17, 15) is 0 Å². The molecule has 1 N–H and O–H groups in total. The highest BCUT2D eigenvalue weighted by atomic mass is 35.5. The lowest BCUT2D eigenvalue weighted by atomic mass is 10.3. The number of halogens is 1. The van der Waals surface area contributed by atoms with Crippen molar-refractivity contribution < 1.29 is 0 Å². The predicted octanol–water partition coefficient (Wildman–Crippen LogP) is 3.87. The molecule has 0 saturated heterocycles. The molecule has 4 nitrogen and oxygen atoms in total. The van der Waals surface area contributed by atoms with Crippen molar-refractivity contribution in [3.05, 3.63) is 58.3 Å². The Morgan fingerprint density at radius 3 is 2.90 bits per heavy atom. The number of pyridine rings is 2. The summed E-state index contributed by atoms with van der Waals surface area (Å²) in [5.41, 5.74) is 2.64. The molecule has 0 amide bonds. The molecule has 0 fully saturated rings. The summed E-state index contributed by atoms with van der Waals surface area (Å²) in [4.78, 5) is 12.8.